The Bertz CT molecular complexity index is 1150. The molecule has 0 aliphatic rings. The van der Waals surface area contributed by atoms with E-state index >= 15 is 0 Å². The van der Waals surface area contributed by atoms with Gasteiger partial charge in [-0.1, -0.05) is 47.1 Å². The van der Waals surface area contributed by atoms with Crippen molar-refractivity contribution in [3.8, 4) is 11.3 Å². The average molecular weight is 421 g/mol. The predicted octanol–water partition coefficient (Wildman–Crippen LogP) is 6.00. The molecule has 152 valence electrons. The van der Waals surface area contributed by atoms with Crippen molar-refractivity contribution < 1.29 is 13.7 Å². The molecule has 0 saturated heterocycles. The van der Waals surface area contributed by atoms with Crippen LogP contribution < -0.4 is 0 Å². The first-order valence-electron chi connectivity index (χ1n) is 9.60. The topological polar surface area (TPSA) is 46.3 Å². The summed E-state index contributed by atoms with van der Waals surface area (Å²) >= 11 is 1.39. The molecule has 4 rings (SSSR count). The Balaban J connectivity index is 1.59. The molecule has 2 heterocycles. The molecule has 2 aromatic heterocycles. The summed E-state index contributed by atoms with van der Waals surface area (Å²) in [5.74, 6) is 0.280. The summed E-state index contributed by atoms with van der Waals surface area (Å²) < 4.78 is 18.8. The minimum Gasteiger partial charge on any atom is -0.356 e. The number of amides is 1. The molecule has 0 unspecified atom stereocenters. The van der Waals surface area contributed by atoms with Crippen LogP contribution >= 0.6 is 11.3 Å². The first-order chi connectivity index (χ1) is 14.5. The van der Waals surface area contributed by atoms with E-state index in [0.29, 0.717) is 29.4 Å². The maximum atomic E-state index is 13.3. The number of aromatic nitrogens is 1. The van der Waals surface area contributed by atoms with Gasteiger partial charge in [-0.05, 0) is 48.6 Å². The third-order valence-electron chi connectivity index (χ3n) is 4.87. The monoisotopic (exact) mass is 420 g/mol. The van der Waals surface area contributed by atoms with Crippen LogP contribution in [0.4, 0.5) is 4.39 Å². The zero-order valence-electron chi connectivity index (χ0n) is 16.8. The standard InChI is InChI=1S/C24H21FN2O2S/c1-16-5-10-21(17(2)12-16)22-13-20(26-29-22)15-27(24(28)23-4-3-11-30-23)14-18-6-8-19(25)9-7-18/h3-13H,14-15H2,1-2H3. The van der Waals surface area contributed by atoms with Crippen molar-refractivity contribution >= 4 is 17.2 Å². The molecule has 2 aromatic carbocycles. The molecule has 0 aliphatic heterocycles. The predicted molar refractivity (Wildman–Crippen MR) is 116 cm³/mol. The Morgan fingerprint density at radius 3 is 2.57 bits per heavy atom. The third-order valence-corrected chi connectivity index (χ3v) is 5.72. The quantitative estimate of drug-likeness (QED) is 0.384. The molecule has 1 amide bonds. The number of rotatable bonds is 6. The van der Waals surface area contributed by atoms with Crippen molar-refractivity contribution in [2.45, 2.75) is 26.9 Å². The van der Waals surface area contributed by atoms with Crippen molar-refractivity contribution in [2.24, 2.45) is 0 Å². The molecule has 4 nitrogen and oxygen atoms in total. The fraction of sp³-hybridized carbons (Fsp3) is 0.167. The summed E-state index contributed by atoms with van der Waals surface area (Å²) in [6.07, 6.45) is 0. The van der Waals surface area contributed by atoms with Crippen LogP contribution in [0.3, 0.4) is 0 Å². The van der Waals surface area contributed by atoms with Crippen LogP contribution in [0.5, 0.6) is 0 Å². The maximum absolute atomic E-state index is 13.3. The normalized spacial score (nSPS) is 10.9. The van der Waals surface area contributed by atoms with Gasteiger partial charge in [0.2, 0.25) is 0 Å². The molecule has 0 atom stereocenters. The molecule has 0 N–H and O–H groups in total. The number of aryl methyl sites for hydroxylation is 2. The van der Waals surface area contributed by atoms with Gasteiger partial charge in [-0.25, -0.2) is 4.39 Å². The van der Waals surface area contributed by atoms with E-state index in [1.54, 1.807) is 23.1 Å². The summed E-state index contributed by atoms with van der Waals surface area (Å²) in [7, 11) is 0. The molecule has 30 heavy (non-hydrogen) atoms. The van der Waals surface area contributed by atoms with Crippen LogP contribution in [0.25, 0.3) is 11.3 Å². The van der Waals surface area contributed by atoms with Crippen LogP contribution in [0.1, 0.15) is 32.1 Å². The number of thiophene rings is 1. The average Bonchev–Trinajstić information content (AvgIpc) is 3.41. The van der Waals surface area contributed by atoms with Crippen LogP contribution in [-0.2, 0) is 13.1 Å². The highest BCUT2D eigenvalue weighted by Crippen LogP contribution is 2.26. The smallest absolute Gasteiger partial charge is 0.264 e. The van der Waals surface area contributed by atoms with Crippen molar-refractivity contribution in [3.05, 3.63) is 99.1 Å². The van der Waals surface area contributed by atoms with Crippen molar-refractivity contribution in [1.82, 2.24) is 10.1 Å². The molecular weight excluding hydrogens is 399 g/mol. The summed E-state index contributed by atoms with van der Waals surface area (Å²) in [4.78, 5) is 15.4. The van der Waals surface area contributed by atoms with Gasteiger partial charge in [0.25, 0.3) is 5.91 Å². The van der Waals surface area contributed by atoms with E-state index in [1.807, 2.05) is 43.5 Å². The Labute approximate surface area is 178 Å². The fourth-order valence-corrected chi connectivity index (χ4v) is 4.06. The van der Waals surface area contributed by atoms with Gasteiger partial charge in [-0.2, -0.15) is 0 Å². The molecule has 0 bridgehead atoms. The summed E-state index contributed by atoms with van der Waals surface area (Å²) in [6.45, 7) is 4.73. The lowest BCUT2D eigenvalue weighted by Crippen LogP contribution is -2.29. The molecule has 4 aromatic rings. The van der Waals surface area contributed by atoms with Crippen molar-refractivity contribution in [3.63, 3.8) is 0 Å². The molecule has 6 heteroatoms. The van der Waals surface area contributed by atoms with Gasteiger partial charge in [0, 0.05) is 18.2 Å². The maximum Gasteiger partial charge on any atom is 0.264 e. The van der Waals surface area contributed by atoms with Crippen LogP contribution in [0.15, 0.2) is 70.6 Å². The number of hydrogen-bond acceptors (Lipinski definition) is 4. The lowest BCUT2D eigenvalue weighted by Gasteiger charge is -2.21. The van der Waals surface area contributed by atoms with Gasteiger partial charge in [0.15, 0.2) is 5.76 Å². The Hall–Kier alpha value is -3.25. The number of benzene rings is 2. The SMILES string of the molecule is Cc1ccc(-c2cc(CN(Cc3ccc(F)cc3)C(=O)c3cccs3)no2)c(C)c1. The minimum absolute atomic E-state index is 0.0922. The number of carbonyl (C=O) groups excluding carboxylic acids is 1. The number of carbonyl (C=O) groups is 1. The minimum atomic E-state index is -0.301. The molecular formula is C24H21FN2O2S. The molecule has 0 saturated carbocycles. The summed E-state index contributed by atoms with van der Waals surface area (Å²) in [5, 5.41) is 6.06. The second kappa shape index (κ2) is 8.63. The largest absolute Gasteiger partial charge is 0.356 e. The lowest BCUT2D eigenvalue weighted by atomic mass is 10.0. The molecule has 0 spiro atoms. The first kappa shape index (κ1) is 20.0. The highest BCUT2D eigenvalue weighted by molar-refractivity contribution is 7.12. The third kappa shape index (κ3) is 4.49. The number of halogens is 1. The van der Waals surface area contributed by atoms with E-state index in [0.717, 1.165) is 16.7 Å². The van der Waals surface area contributed by atoms with E-state index in [2.05, 4.69) is 11.2 Å². The van der Waals surface area contributed by atoms with E-state index < -0.39 is 0 Å². The van der Waals surface area contributed by atoms with Gasteiger partial charge in [0.1, 0.15) is 11.5 Å². The summed E-state index contributed by atoms with van der Waals surface area (Å²) in [6, 6.07) is 17.8. The van der Waals surface area contributed by atoms with E-state index in [1.165, 1.54) is 29.0 Å². The number of nitrogens with zero attached hydrogens (tertiary/aromatic N) is 2. The van der Waals surface area contributed by atoms with Gasteiger partial charge in [-0.15, -0.1) is 11.3 Å². The highest BCUT2D eigenvalue weighted by atomic mass is 32.1. The molecule has 0 aliphatic carbocycles. The van der Waals surface area contributed by atoms with E-state index in [9.17, 15) is 9.18 Å². The van der Waals surface area contributed by atoms with Crippen LogP contribution in [-0.4, -0.2) is 16.0 Å². The van der Waals surface area contributed by atoms with Crippen LogP contribution in [0, 0.1) is 19.7 Å². The second-order valence-corrected chi connectivity index (χ2v) is 8.21. The van der Waals surface area contributed by atoms with Gasteiger partial charge in [0.05, 0.1) is 11.4 Å². The van der Waals surface area contributed by atoms with Gasteiger partial charge in [-0.3, -0.25) is 4.79 Å². The van der Waals surface area contributed by atoms with Gasteiger partial charge < -0.3 is 9.42 Å². The van der Waals surface area contributed by atoms with E-state index in [4.69, 9.17) is 4.52 Å². The number of hydrogen-bond donors (Lipinski definition) is 0. The molecule has 0 fully saturated rings. The highest BCUT2D eigenvalue weighted by Gasteiger charge is 2.20. The lowest BCUT2D eigenvalue weighted by molar-refractivity contribution is 0.0731. The Morgan fingerprint density at radius 2 is 1.87 bits per heavy atom. The zero-order valence-corrected chi connectivity index (χ0v) is 17.6. The first-order valence-corrected chi connectivity index (χ1v) is 10.5. The Morgan fingerprint density at radius 1 is 1.07 bits per heavy atom. The van der Waals surface area contributed by atoms with E-state index in [-0.39, 0.29) is 11.7 Å². The molecule has 0 radical (unpaired) electrons. The second-order valence-electron chi connectivity index (χ2n) is 7.27. The zero-order chi connectivity index (χ0) is 21.1. The summed E-state index contributed by atoms with van der Waals surface area (Å²) in [5.41, 5.74) is 4.78. The van der Waals surface area contributed by atoms with Crippen molar-refractivity contribution in [2.75, 3.05) is 0 Å². The van der Waals surface area contributed by atoms with Crippen molar-refractivity contribution in [1.29, 1.82) is 0 Å². The Kier molecular flexibility index (Phi) is 5.77. The van der Waals surface area contributed by atoms with Crippen LogP contribution in [0.2, 0.25) is 0 Å². The van der Waals surface area contributed by atoms with Gasteiger partial charge >= 0.3 is 0 Å². The fourth-order valence-electron chi connectivity index (χ4n) is 3.36.